The summed E-state index contributed by atoms with van der Waals surface area (Å²) in [5.41, 5.74) is 1.99. The third-order valence-corrected chi connectivity index (χ3v) is 4.47. The van der Waals surface area contributed by atoms with E-state index < -0.39 is 0 Å². The van der Waals surface area contributed by atoms with Crippen LogP contribution in [0.3, 0.4) is 0 Å². The molecule has 2 aromatic heterocycles. The summed E-state index contributed by atoms with van der Waals surface area (Å²) >= 11 is 1.70. The Morgan fingerprint density at radius 1 is 1.26 bits per heavy atom. The van der Waals surface area contributed by atoms with Gasteiger partial charge in [-0.2, -0.15) is 0 Å². The zero-order chi connectivity index (χ0) is 16.2. The number of carbonyl (C=O) groups is 1. The maximum atomic E-state index is 12.4. The first-order chi connectivity index (χ1) is 11.1. The quantitative estimate of drug-likeness (QED) is 0.784. The number of benzene rings is 1. The third-order valence-electron chi connectivity index (χ3n) is 3.58. The molecule has 2 heterocycles. The van der Waals surface area contributed by atoms with Crippen LogP contribution in [0, 0.1) is 6.92 Å². The summed E-state index contributed by atoms with van der Waals surface area (Å²) < 4.78 is 1.68. The molecule has 1 amide bonds. The molecule has 23 heavy (non-hydrogen) atoms. The Kier molecular flexibility index (Phi) is 4.52. The van der Waals surface area contributed by atoms with Gasteiger partial charge in [-0.05, 0) is 37.4 Å². The van der Waals surface area contributed by atoms with Crippen molar-refractivity contribution in [1.29, 1.82) is 0 Å². The number of nitrogens with one attached hydrogen (secondary N) is 1. The van der Waals surface area contributed by atoms with Crippen LogP contribution in [0.25, 0.3) is 5.69 Å². The largest absolute Gasteiger partial charge is 0.348 e. The molecule has 0 spiro atoms. The van der Waals surface area contributed by atoms with E-state index in [1.54, 1.807) is 16.0 Å². The van der Waals surface area contributed by atoms with Crippen LogP contribution in [0.5, 0.6) is 0 Å². The zero-order valence-corrected chi connectivity index (χ0v) is 13.9. The molecule has 1 aromatic carbocycles. The normalized spacial score (nSPS) is 12.1. The molecule has 6 heteroatoms. The molecule has 0 fully saturated rings. The number of thiophene rings is 1. The molecule has 0 aliphatic rings. The first-order valence-electron chi connectivity index (χ1n) is 7.46. The predicted molar refractivity (Wildman–Crippen MR) is 91.0 cm³/mol. The average Bonchev–Trinajstić information content (AvgIpc) is 3.17. The van der Waals surface area contributed by atoms with Crippen molar-refractivity contribution in [2.75, 3.05) is 0 Å². The Balaban J connectivity index is 1.72. The lowest BCUT2D eigenvalue weighted by molar-refractivity contribution is 0.0934. The Labute approximate surface area is 139 Å². The molecular formula is C17H18N4OS. The number of aromatic nitrogens is 3. The molecular weight excluding hydrogens is 308 g/mol. The lowest BCUT2D eigenvalue weighted by atomic mass is 10.2. The number of nitrogens with zero attached hydrogens (tertiary/aromatic N) is 3. The summed E-state index contributed by atoms with van der Waals surface area (Å²) in [5, 5.41) is 13.2. The summed E-state index contributed by atoms with van der Waals surface area (Å²) in [7, 11) is 0. The molecule has 3 aromatic rings. The zero-order valence-electron chi connectivity index (χ0n) is 13.1. The van der Waals surface area contributed by atoms with Crippen molar-refractivity contribution in [3.63, 3.8) is 0 Å². The van der Waals surface area contributed by atoms with Crippen molar-refractivity contribution in [3.05, 3.63) is 64.1 Å². The molecule has 0 saturated carbocycles. The molecule has 5 nitrogen and oxygen atoms in total. The molecule has 0 unspecified atom stereocenters. The number of para-hydroxylation sites is 1. The van der Waals surface area contributed by atoms with Crippen molar-refractivity contribution in [3.8, 4) is 5.69 Å². The minimum Gasteiger partial charge on any atom is -0.348 e. The Bertz CT molecular complexity index is 780. The monoisotopic (exact) mass is 326 g/mol. The van der Waals surface area contributed by atoms with E-state index in [1.165, 1.54) is 4.88 Å². The van der Waals surface area contributed by atoms with Gasteiger partial charge >= 0.3 is 0 Å². The van der Waals surface area contributed by atoms with Crippen LogP contribution in [-0.4, -0.2) is 26.9 Å². The maximum Gasteiger partial charge on any atom is 0.273 e. The van der Waals surface area contributed by atoms with Gasteiger partial charge in [0.05, 0.1) is 11.4 Å². The summed E-state index contributed by atoms with van der Waals surface area (Å²) in [4.78, 5) is 13.7. The summed E-state index contributed by atoms with van der Waals surface area (Å²) in [6, 6.07) is 13.8. The van der Waals surface area contributed by atoms with Crippen LogP contribution in [0.2, 0.25) is 0 Å². The van der Waals surface area contributed by atoms with E-state index in [1.807, 2.05) is 55.6 Å². The first kappa shape index (κ1) is 15.4. The fraction of sp³-hybridized carbons (Fsp3) is 0.235. The smallest absolute Gasteiger partial charge is 0.273 e. The summed E-state index contributed by atoms with van der Waals surface area (Å²) in [6.45, 7) is 3.85. The molecule has 1 atom stereocenters. The highest BCUT2D eigenvalue weighted by Crippen LogP contribution is 2.13. The summed E-state index contributed by atoms with van der Waals surface area (Å²) in [5.74, 6) is -0.186. The highest BCUT2D eigenvalue weighted by atomic mass is 32.1. The van der Waals surface area contributed by atoms with Gasteiger partial charge in [-0.3, -0.25) is 4.79 Å². The number of hydrogen-bond donors (Lipinski definition) is 1. The van der Waals surface area contributed by atoms with E-state index in [4.69, 9.17) is 0 Å². The van der Waals surface area contributed by atoms with Gasteiger partial charge in [0.15, 0.2) is 5.69 Å². The fourth-order valence-electron chi connectivity index (χ4n) is 2.43. The SMILES string of the molecule is Cc1c(C(=O)N[C@@H](C)Cc2cccs2)nnn1-c1ccccc1. The average molecular weight is 326 g/mol. The Morgan fingerprint density at radius 2 is 2.04 bits per heavy atom. The lowest BCUT2D eigenvalue weighted by Crippen LogP contribution is -2.34. The van der Waals surface area contributed by atoms with Crippen molar-refractivity contribution in [2.24, 2.45) is 0 Å². The topological polar surface area (TPSA) is 59.8 Å². The molecule has 0 aliphatic carbocycles. The van der Waals surface area contributed by atoms with E-state index in [0.717, 1.165) is 17.8 Å². The first-order valence-corrected chi connectivity index (χ1v) is 8.34. The molecule has 1 N–H and O–H groups in total. The van der Waals surface area contributed by atoms with Gasteiger partial charge in [0.2, 0.25) is 0 Å². The van der Waals surface area contributed by atoms with Crippen LogP contribution in [-0.2, 0) is 6.42 Å². The number of rotatable bonds is 5. The minimum atomic E-state index is -0.186. The van der Waals surface area contributed by atoms with E-state index in [2.05, 4.69) is 21.7 Å². The number of hydrogen-bond acceptors (Lipinski definition) is 4. The second-order valence-corrected chi connectivity index (χ2v) is 6.46. The molecule has 3 rings (SSSR count). The predicted octanol–water partition coefficient (Wildman–Crippen LogP) is 3.00. The van der Waals surface area contributed by atoms with Gasteiger partial charge in [-0.1, -0.05) is 29.5 Å². The van der Waals surface area contributed by atoms with Gasteiger partial charge in [-0.15, -0.1) is 16.4 Å². The van der Waals surface area contributed by atoms with Gasteiger partial charge in [-0.25, -0.2) is 4.68 Å². The molecule has 0 saturated heterocycles. The van der Waals surface area contributed by atoms with Gasteiger partial charge < -0.3 is 5.32 Å². The molecule has 0 bridgehead atoms. The van der Waals surface area contributed by atoms with Gasteiger partial charge in [0.1, 0.15) is 0 Å². The van der Waals surface area contributed by atoms with Gasteiger partial charge in [0.25, 0.3) is 5.91 Å². The Hall–Kier alpha value is -2.47. The van der Waals surface area contributed by atoms with Crippen LogP contribution in [0.15, 0.2) is 47.8 Å². The van der Waals surface area contributed by atoms with Crippen LogP contribution in [0.4, 0.5) is 0 Å². The standard InChI is InChI=1S/C17H18N4OS/c1-12(11-15-9-6-10-23-15)18-17(22)16-13(2)21(20-19-16)14-7-4-3-5-8-14/h3-10,12H,11H2,1-2H3,(H,18,22)/t12-/m0/s1. The molecule has 118 valence electrons. The highest BCUT2D eigenvalue weighted by Gasteiger charge is 2.19. The van der Waals surface area contributed by atoms with Crippen LogP contribution in [0.1, 0.15) is 28.0 Å². The van der Waals surface area contributed by atoms with E-state index in [0.29, 0.717) is 5.69 Å². The second kappa shape index (κ2) is 6.75. The minimum absolute atomic E-state index is 0.0439. The highest BCUT2D eigenvalue weighted by molar-refractivity contribution is 7.09. The summed E-state index contributed by atoms with van der Waals surface area (Å²) in [6.07, 6.45) is 0.815. The molecule has 0 radical (unpaired) electrons. The van der Waals surface area contributed by atoms with E-state index in [9.17, 15) is 4.79 Å². The van der Waals surface area contributed by atoms with Crippen LogP contribution < -0.4 is 5.32 Å². The van der Waals surface area contributed by atoms with Crippen molar-refractivity contribution in [1.82, 2.24) is 20.3 Å². The second-order valence-electron chi connectivity index (χ2n) is 5.43. The fourth-order valence-corrected chi connectivity index (χ4v) is 3.26. The Morgan fingerprint density at radius 3 is 2.74 bits per heavy atom. The van der Waals surface area contributed by atoms with Crippen molar-refractivity contribution in [2.45, 2.75) is 26.3 Å². The maximum absolute atomic E-state index is 12.4. The molecule has 0 aliphatic heterocycles. The van der Waals surface area contributed by atoms with E-state index in [-0.39, 0.29) is 11.9 Å². The number of carbonyl (C=O) groups excluding carboxylic acids is 1. The number of amides is 1. The van der Waals surface area contributed by atoms with Gasteiger partial charge in [0, 0.05) is 17.3 Å². The van der Waals surface area contributed by atoms with Crippen molar-refractivity contribution < 1.29 is 4.79 Å². The third kappa shape index (κ3) is 3.48. The lowest BCUT2D eigenvalue weighted by Gasteiger charge is -2.12. The van der Waals surface area contributed by atoms with E-state index >= 15 is 0 Å². The van der Waals surface area contributed by atoms with Crippen LogP contribution >= 0.6 is 11.3 Å². The van der Waals surface area contributed by atoms with Crippen molar-refractivity contribution >= 4 is 17.2 Å².